The van der Waals surface area contributed by atoms with Crippen LogP contribution in [0.25, 0.3) is 5.65 Å². The van der Waals surface area contributed by atoms with Crippen LogP contribution < -0.4 is 5.43 Å². The summed E-state index contributed by atoms with van der Waals surface area (Å²) in [6.07, 6.45) is 5.69. The lowest BCUT2D eigenvalue weighted by molar-refractivity contribution is 0.901. The van der Waals surface area contributed by atoms with Gasteiger partial charge in [-0.05, 0) is 30.7 Å². The third kappa shape index (κ3) is 1.42. The first kappa shape index (κ1) is 8.96. The second-order valence-electron chi connectivity index (χ2n) is 3.60. The Hall–Kier alpha value is -2.30. The molecule has 3 aromatic heterocycles. The second kappa shape index (κ2) is 3.37. The lowest BCUT2D eigenvalue weighted by atomic mass is 10.3. The minimum atomic E-state index is 0.588. The molecular formula is C11H11N5. The average molecular weight is 213 g/mol. The number of hydrogen-bond donors (Lipinski definition) is 1. The van der Waals surface area contributed by atoms with E-state index in [2.05, 4.69) is 15.5 Å². The summed E-state index contributed by atoms with van der Waals surface area (Å²) in [5.41, 5.74) is 5.05. The molecule has 5 heteroatoms. The Balaban J connectivity index is 2.02. The van der Waals surface area contributed by atoms with Crippen molar-refractivity contribution in [3.8, 4) is 0 Å². The van der Waals surface area contributed by atoms with Gasteiger partial charge in [-0.15, -0.1) is 5.10 Å². The molecule has 0 bridgehead atoms. The van der Waals surface area contributed by atoms with Crippen molar-refractivity contribution in [2.75, 3.05) is 5.43 Å². The maximum absolute atomic E-state index is 4.41. The van der Waals surface area contributed by atoms with Crippen molar-refractivity contribution in [1.29, 1.82) is 0 Å². The van der Waals surface area contributed by atoms with Gasteiger partial charge in [0.1, 0.15) is 0 Å². The van der Waals surface area contributed by atoms with Crippen LogP contribution in [0, 0.1) is 6.92 Å². The quantitative estimate of drug-likeness (QED) is 0.705. The van der Waals surface area contributed by atoms with E-state index >= 15 is 0 Å². The minimum absolute atomic E-state index is 0.588. The number of anilines is 1. The normalized spacial score (nSPS) is 10.8. The van der Waals surface area contributed by atoms with Gasteiger partial charge < -0.3 is 0 Å². The molecule has 0 spiro atoms. The number of rotatable bonds is 2. The van der Waals surface area contributed by atoms with Gasteiger partial charge in [-0.3, -0.25) is 10.1 Å². The molecule has 3 aromatic rings. The monoisotopic (exact) mass is 213 g/mol. The molecule has 0 aromatic carbocycles. The van der Waals surface area contributed by atoms with Crippen LogP contribution in [0.15, 0.2) is 42.9 Å². The van der Waals surface area contributed by atoms with E-state index in [0.29, 0.717) is 5.95 Å². The molecule has 5 nitrogen and oxygen atoms in total. The summed E-state index contributed by atoms with van der Waals surface area (Å²) in [6, 6.07) is 7.85. The highest BCUT2D eigenvalue weighted by Crippen LogP contribution is 2.09. The van der Waals surface area contributed by atoms with Gasteiger partial charge in [0.15, 0.2) is 5.65 Å². The number of aromatic nitrogens is 4. The first-order valence-corrected chi connectivity index (χ1v) is 5.05. The summed E-state index contributed by atoms with van der Waals surface area (Å²) in [5.74, 6) is 0.588. The zero-order chi connectivity index (χ0) is 11.0. The fourth-order valence-corrected chi connectivity index (χ4v) is 1.61. The largest absolute Gasteiger partial charge is 0.268 e. The molecule has 0 aliphatic heterocycles. The van der Waals surface area contributed by atoms with Gasteiger partial charge in [0.2, 0.25) is 0 Å². The molecule has 0 saturated carbocycles. The minimum Gasteiger partial charge on any atom is -0.268 e. The third-order valence-corrected chi connectivity index (χ3v) is 2.39. The Kier molecular flexibility index (Phi) is 1.89. The lowest BCUT2D eigenvalue weighted by Crippen LogP contribution is -2.07. The molecule has 0 amide bonds. The van der Waals surface area contributed by atoms with E-state index in [0.717, 1.165) is 11.2 Å². The molecule has 3 heterocycles. The molecular weight excluding hydrogens is 202 g/mol. The highest BCUT2D eigenvalue weighted by molar-refractivity contribution is 5.49. The van der Waals surface area contributed by atoms with Crippen LogP contribution in [0.1, 0.15) is 5.56 Å². The third-order valence-electron chi connectivity index (χ3n) is 2.39. The Morgan fingerprint density at radius 1 is 1.12 bits per heavy atom. The van der Waals surface area contributed by atoms with E-state index < -0.39 is 0 Å². The number of hydrogen-bond acceptors (Lipinski definition) is 3. The maximum Gasteiger partial charge on any atom is 0.262 e. The molecule has 0 radical (unpaired) electrons. The molecule has 0 unspecified atom stereocenters. The summed E-state index contributed by atoms with van der Waals surface area (Å²) in [7, 11) is 0. The second-order valence-corrected chi connectivity index (χ2v) is 3.60. The van der Waals surface area contributed by atoms with E-state index in [1.807, 2.05) is 54.5 Å². The Morgan fingerprint density at radius 2 is 1.94 bits per heavy atom. The number of pyridine rings is 1. The number of fused-ring (bicyclic) bond motifs is 1. The van der Waals surface area contributed by atoms with Gasteiger partial charge in [0.05, 0.1) is 0 Å². The standard InChI is InChI=1S/C11H11N5/c1-9-5-4-8-16-10(9)12-11(14-16)13-15-6-2-3-7-15/h2-8H,1H3,(H,13,14). The van der Waals surface area contributed by atoms with Crippen molar-refractivity contribution in [3.63, 3.8) is 0 Å². The van der Waals surface area contributed by atoms with Crippen LogP contribution >= 0.6 is 0 Å². The Labute approximate surface area is 92.3 Å². The molecule has 16 heavy (non-hydrogen) atoms. The van der Waals surface area contributed by atoms with Crippen LogP contribution in [0.2, 0.25) is 0 Å². The van der Waals surface area contributed by atoms with E-state index in [1.165, 1.54) is 0 Å². The van der Waals surface area contributed by atoms with Crippen LogP contribution in [0.5, 0.6) is 0 Å². The van der Waals surface area contributed by atoms with E-state index in [1.54, 1.807) is 4.52 Å². The van der Waals surface area contributed by atoms with Crippen LogP contribution in [0.4, 0.5) is 5.95 Å². The van der Waals surface area contributed by atoms with E-state index in [4.69, 9.17) is 0 Å². The van der Waals surface area contributed by atoms with Crippen molar-refractivity contribution >= 4 is 11.6 Å². The van der Waals surface area contributed by atoms with Crippen molar-refractivity contribution in [2.24, 2.45) is 0 Å². The predicted molar refractivity (Wildman–Crippen MR) is 61.2 cm³/mol. The lowest BCUT2D eigenvalue weighted by Gasteiger charge is -2.00. The molecule has 1 N–H and O–H groups in total. The number of nitrogens with one attached hydrogen (secondary N) is 1. The average Bonchev–Trinajstić information content (AvgIpc) is 2.88. The molecule has 80 valence electrons. The molecule has 3 rings (SSSR count). The molecule has 0 aliphatic rings. The summed E-state index contributed by atoms with van der Waals surface area (Å²) in [4.78, 5) is 4.41. The van der Waals surface area contributed by atoms with Gasteiger partial charge in [-0.1, -0.05) is 6.07 Å². The van der Waals surface area contributed by atoms with Gasteiger partial charge in [-0.2, -0.15) is 4.98 Å². The maximum atomic E-state index is 4.41. The molecule has 0 atom stereocenters. The summed E-state index contributed by atoms with van der Waals surface area (Å²) < 4.78 is 3.57. The topological polar surface area (TPSA) is 47.1 Å². The smallest absolute Gasteiger partial charge is 0.262 e. The SMILES string of the molecule is Cc1cccn2nc(Nn3cccc3)nc12. The summed E-state index contributed by atoms with van der Waals surface area (Å²) in [5, 5.41) is 4.32. The number of aryl methyl sites for hydroxylation is 1. The zero-order valence-electron chi connectivity index (χ0n) is 8.83. The summed E-state index contributed by atoms with van der Waals surface area (Å²) >= 11 is 0. The predicted octanol–water partition coefficient (Wildman–Crippen LogP) is 1.71. The number of nitrogens with zero attached hydrogens (tertiary/aromatic N) is 4. The highest BCUT2D eigenvalue weighted by Gasteiger charge is 2.04. The van der Waals surface area contributed by atoms with E-state index in [-0.39, 0.29) is 0 Å². The highest BCUT2D eigenvalue weighted by atomic mass is 15.5. The van der Waals surface area contributed by atoms with E-state index in [9.17, 15) is 0 Å². The first-order valence-electron chi connectivity index (χ1n) is 5.05. The van der Waals surface area contributed by atoms with Crippen LogP contribution in [-0.2, 0) is 0 Å². The van der Waals surface area contributed by atoms with Crippen molar-refractivity contribution in [3.05, 3.63) is 48.4 Å². The fraction of sp³-hybridized carbons (Fsp3) is 0.0909. The molecule has 0 saturated heterocycles. The van der Waals surface area contributed by atoms with Gasteiger partial charge >= 0.3 is 0 Å². The van der Waals surface area contributed by atoms with Gasteiger partial charge in [-0.25, -0.2) is 4.52 Å². The van der Waals surface area contributed by atoms with Gasteiger partial charge in [0.25, 0.3) is 5.95 Å². The van der Waals surface area contributed by atoms with Crippen LogP contribution in [-0.4, -0.2) is 19.3 Å². The summed E-state index contributed by atoms with van der Waals surface area (Å²) in [6.45, 7) is 2.02. The molecule has 0 fully saturated rings. The van der Waals surface area contributed by atoms with Crippen LogP contribution in [0.3, 0.4) is 0 Å². The van der Waals surface area contributed by atoms with Gasteiger partial charge in [0, 0.05) is 18.6 Å². The molecule has 0 aliphatic carbocycles. The first-order chi connectivity index (χ1) is 7.83. The van der Waals surface area contributed by atoms with Crippen molar-refractivity contribution in [1.82, 2.24) is 19.3 Å². The van der Waals surface area contributed by atoms with Crippen molar-refractivity contribution < 1.29 is 0 Å². The Bertz CT molecular complexity index is 608. The fourth-order valence-electron chi connectivity index (χ4n) is 1.61. The Morgan fingerprint density at radius 3 is 2.69 bits per heavy atom. The van der Waals surface area contributed by atoms with Crippen molar-refractivity contribution in [2.45, 2.75) is 6.92 Å². The zero-order valence-corrected chi connectivity index (χ0v) is 8.83.